The smallest absolute Gasteiger partial charge is 0.266 e. The maximum atomic E-state index is 12.9. The molecule has 0 saturated carbocycles. The molecule has 1 amide bonds. The van der Waals surface area contributed by atoms with Crippen LogP contribution in [-0.4, -0.2) is 53.2 Å². The van der Waals surface area contributed by atoms with Crippen LogP contribution < -0.4 is 9.64 Å². The van der Waals surface area contributed by atoms with Gasteiger partial charge < -0.3 is 19.1 Å². The number of ether oxygens (including phenoxy) is 1. The number of aryl methyl sites for hydroxylation is 1. The Morgan fingerprint density at radius 2 is 1.89 bits per heavy atom. The Morgan fingerprint density at radius 1 is 1.14 bits per heavy atom. The molecule has 0 unspecified atom stereocenters. The molecular weight excluding hydrogens is 356 g/mol. The van der Waals surface area contributed by atoms with Crippen LogP contribution in [0.2, 0.25) is 0 Å². The third kappa shape index (κ3) is 4.13. The number of benzene rings is 1. The predicted molar refractivity (Wildman–Crippen MR) is 106 cm³/mol. The van der Waals surface area contributed by atoms with E-state index < -0.39 is 0 Å². The second kappa shape index (κ2) is 8.63. The Bertz CT molecular complexity index is 792. The zero-order valence-corrected chi connectivity index (χ0v) is 16.5. The fourth-order valence-corrected chi connectivity index (χ4v) is 3.88. The Morgan fingerprint density at radius 3 is 2.61 bits per heavy atom. The maximum Gasteiger partial charge on any atom is 0.266 e. The van der Waals surface area contributed by atoms with E-state index in [1.807, 2.05) is 36.1 Å². The average Bonchev–Trinajstić information content (AvgIpc) is 3.24. The monoisotopic (exact) mass is 384 g/mol. The molecule has 2 fully saturated rings. The molecule has 1 aromatic carbocycles. The van der Waals surface area contributed by atoms with E-state index in [0.29, 0.717) is 23.2 Å². The van der Waals surface area contributed by atoms with E-state index >= 15 is 0 Å². The summed E-state index contributed by atoms with van der Waals surface area (Å²) in [4.78, 5) is 21.4. The molecule has 2 aliphatic rings. The number of hydrogen-bond donors (Lipinski definition) is 0. The number of rotatable bonds is 5. The lowest BCUT2D eigenvalue weighted by molar-refractivity contribution is 0.0715. The summed E-state index contributed by atoms with van der Waals surface area (Å²) in [7, 11) is 0. The van der Waals surface area contributed by atoms with Crippen molar-refractivity contribution in [3.8, 4) is 5.75 Å². The molecule has 2 saturated heterocycles. The van der Waals surface area contributed by atoms with Gasteiger partial charge in [0, 0.05) is 45.4 Å². The molecule has 0 spiro atoms. The predicted octanol–water partition coefficient (Wildman–Crippen LogP) is 3.31. The van der Waals surface area contributed by atoms with E-state index in [0.717, 1.165) is 58.3 Å². The van der Waals surface area contributed by atoms with Crippen molar-refractivity contribution in [2.45, 2.75) is 51.6 Å². The quantitative estimate of drug-likeness (QED) is 0.788. The zero-order chi connectivity index (χ0) is 19.3. The number of hydrogen-bond acceptors (Lipinski definition) is 6. The van der Waals surface area contributed by atoms with E-state index in [-0.39, 0.29) is 12.0 Å². The number of carbonyl (C=O) groups is 1. The van der Waals surface area contributed by atoms with Gasteiger partial charge in [-0.2, -0.15) is 4.98 Å². The average molecular weight is 384 g/mol. The summed E-state index contributed by atoms with van der Waals surface area (Å²) in [5.41, 5.74) is 0.678. The molecule has 0 radical (unpaired) electrons. The third-order valence-corrected chi connectivity index (χ3v) is 5.54. The van der Waals surface area contributed by atoms with Gasteiger partial charge in [-0.05, 0) is 36.6 Å². The number of anilines is 1. The topological polar surface area (TPSA) is 71.7 Å². The number of para-hydroxylation sites is 1. The maximum absolute atomic E-state index is 12.9. The standard InChI is InChI=1S/C21H28N4O3/c1-2-19-22-21(23-28-19)25-14-10-16(11-15-25)27-18-9-5-4-8-17(18)20(26)24-12-6-3-7-13-24/h4-5,8-9,16H,2-3,6-7,10-15H2,1H3. The van der Waals surface area contributed by atoms with Crippen LogP contribution in [0.1, 0.15) is 55.3 Å². The highest BCUT2D eigenvalue weighted by molar-refractivity contribution is 5.97. The number of aromatic nitrogens is 2. The molecule has 150 valence electrons. The molecule has 4 rings (SSSR count). The second-order valence-electron chi connectivity index (χ2n) is 7.49. The van der Waals surface area contributed by atoms with Gasteiger partial charge in [0.2, 0.25) is 5.89 Å². The zero-order valence-electron chi connectivity index (χ0n) is 16.5. The van der Waals surface area contributed by atoms with Crippen molar-refractivity contribution in [1.29, 1.82) is 0 Å². The van der Waals surface area contributed by atoms with Crippen LogP contribution in [0.15, 0.2) is 28.8 Å². The molecule has 0 bridgehead atoms. The lowest BCUT2D eigenvalue weighted by Gasteiger charge is -2.32. The minimum atomic E-state index is 0.0871. The number of amides is 1. The minimum absolute atomic E-state index is 0.0871. The van der Waals surface area contributed by atoms with Crippen LogP contribution in [0.3, 0.4) is 0 Å². The van der Waals surface area contributed by atoms with Crippen LogP contribution in [0, 0.1) is 0 Å². The van der Waals surface area contributed by atoms with Gasteiger partial charge in [0.05, 0.1) is 5.56 Å². The summed E-state index contributed by atoms with van der Waals surface area (Å²) in [6.07, 6.45) is 5.94. The first-order chi connectivity index (χ1) is 13.7. The minimum Gasteiger partial charge on any atom is -0.489 e. The van der Waals surface area contributed by atoms with E-state index in [4.69, 9.17) is 9.26 Å². The summed E-state index contributed by atoms with van der Waals surface area (Å²) in [5, 5.41) is 4.06. The number of nitrogens with zero attached hydrogens (tertiary/aromatic N) is 4. The fraction of sp³-hybridized carbons (Fsp3) is 0.571. The Labute approximate surface area is 165 Å². The molecule has 7 heteroatoms. The molecule has 28 heavy (non-hydrogen) atoms. The summed E-state index contributed by atoms with van der Waals surface area (Å²) in [6, 6.07) is 7.64. The van der Waals surface area contributed by atoms with Gasteiger partial charge in [0.25, 0.3) is 11.9 Å². The first-order valence-corrected chi connectivity index (χ1v) is 10.4. The molecular formula is C21H28N4O3. The van der Waals surface area contributed by atoms with Crippen LogP contribution in [0.25, 0.3) is 0 Å². The molecule has 0 aliphatic carbocycles. The lowest BCUT2D eigenvalue weighted by atomic mass is 10.1. The molecule has 2 aliphatic heterocycles. The number of likely N-dealkylation sites (tertiary alicyclic amines) is 1. The van der Waals surface area contributed by atoms with E-state index in [1.54, 1.807) is 0 Å². The Hall–Kier alpha value is -2.57. The first kappa shape index (κ1) is 18.8. The number of piperidine rings is 2. The van der Waals surface area contributed by atoms with Crippen molar-refractivity contribution in [3.05, 3.63) is 35.7 Å². The summed E-state index contributed by atoms with van der Waals surface area (Å²) >= 11 is 0. The first-order valence-electron chi connectivity index (χ1n) is 10.4. The molecule has 0 N–H and O–H groups in total. The normalized spacial score (nSPS) is 18.3. The Balaban J connectivity index is 1.38. The molecule has 1 aromatic heterocycles. The SMILES string of the molecule is CCc1nc(N2CCC(Oc3ccccc3C(=O)N3CCCCC3)CC2)no1. The van der Waals surface area contributed by atoms with Gasteiger partial charge >= 0.3 is 0 Å². The highest BCUT2D eigenvalue weighted by atomic mass is 16.5. The molecule has 3 heterocycles. The van der Waals surface area contributed by atoms with Crippen LogP contribution in [0.4, 0.5) is 5.95 Å². The van der Waals surface area contributed by atoms with Crippen molar-refractivity contribution in [2.24, 2.45) is 0 Å². The van der Waals surface area contributed by atoms with E-state index in [9.17, 15) is 4.79 Å². The van der Waals surface area contributed by atoms with Gasteiger partial charge in [-0.1, -0.05) is 19.1 Å². The van der Waals surface area contributed by atoms with Crippen LogP contribution in [0.5, 0.6) is 5.75 Å². The van der Waals surface area contributed by atoms with Gasteiger partial charge in [-0.3, -0.25) is 4.79 Å². The van der Waals surface area contributed by atoms with Crippen LogP contribution in [-0.2, 0) is 6.42 Å². The van der Waals surface area contributed by atoms with Crippen molar-refractivity contribution >= 4 is 11.9 Å². The lowest BCUT2D eigenvalue weighted by Crippen LogP contribution is -2.39. The summed E-state index contributed by atoms with van der Waals surface area (Å²) in [5.74, 6) is 2.12. The summed E-state index contributed by atoms with van der Waals surface area (Å²) in [6.45, 7) is 5.32. The largest absolute Gasteiger partial charge is 0.489 e. The van der Waals surface area contributed by atoms with Crippen molar-refractivity contribution in [3.63, 3.8) is 0 Å². The Kier molecular flexibility index (Phi) is 5.78. The van der Waals surface area contributed by atoms with Gasteiger partial charge in [-0.15, -0.1) is 0 Å². The molecule has 0 atom stereocenters. The highest BCUT2D eigenvalue weighted by Gasteiger charge is 2.26. The van der Waals surface area contributed by atoms with Crippen molar-refractivity contribution in [2.75, 3.05) is 31.1 Å². The molecule has 2 aromatic rings. The highest BCUT2D eigenvalue weighted by Crippen LogP contribution is 2.26. The summed E-state index contributed by atoms with van der Waals surface area (Å²) < 4.78 is 11.5. The fourth-order valence-electron chi connectivity index (χ4n) is 3.88. The molecule has 7 nitrogen and oxygen atoms in total. The van der Waals surface area contributed by atoms with Crippen molar-refractivity contribution in [1.82, 2.24) is 15.0 Å². The van der Waals surface area contributed by atoms with E-state index in [2.05, 4.69) is 15.0 Å². The van der Waals surface area contributed by atoms with Gasteiger partial charge in [0.1, 0.15) is 11.9 Å². The van der Waals surface area contributed by atoms with E-state index in [1.165, 1.54) is 6.42 Å². The van der Waals surface area contributed by atoms with Gasteiger partial charge in [0.15, 0.2) is 0 Å². The van der Waals surface area contributed by atoms with Gasteiger partial charge in [-0.25, -0.2) is 0 Å². The third-order valence-electron chi connectivity index (χ3n) is 5.54. The van der Waals surface area contributed by atoms with Crippen molar-refractivity contribution < 1.29 is 14.1 Å². The van der Waals surface area contributed by atoms with Crippen LogP contribution >= 0.6 is 0 Å². The second-order valence-corrected chi connectivity index (χ2v) is 7.49. The number of carbonyl (C=O) groups excluding carboxylic acids is 1.